The smallest absolute Gasteiger partial charge is 0.255 e. The lowest BCUT2D eigenvalue weighted by atomic mass is 9.97. The fraction of sp³-hybridized carbons (Fsp3) is 0.364. The number of nitrogens with zero attached hydrogens (tertiary/aromatic N) is 1. The molecule has 1 amide bonds. The summed E-state index contributed by atoms with van der Waals surface area (Å²) < 4.78 is 23.5. The van der Waals surface area contributed by atoms with E-state index in [2.05, 4.69) is 0 Å². The molecule has 1 atom stereocenters. The zero-order valence-corrected chi connectivity index (χ0v) is 17.0. The molecule has 1 N–H and O–H groups in total. The van der Waals surface area contributed by atoms with Crippen LogP contribution in [-0.2, 0) is 9.84 Å². The third-order valence-electron chi connectivity index (χ3n) is 5.94. The van der Waals surface area contributed by atoms with E-state index in [1.165, 1.54) is 4.90 Å². The minimum Gasteiger partial charge on any atom is -0.329 e. The molecule has 2 aliphatic heterocycles. The summed E-state index contributed by atoms with van der Waals surface area (Å²) in [5.74, 6) is 0.238. The molecule has 0 radical (unpaired) electrons. The van der Waals surface area contributed by atoms with Crippen LogP contribution in [0.5, 0.6) is 0 Å². The molecule has 2 fully saturated rings. The molecule has 2 saturated heterocycles. The molecule has 29 heavy (non-hydrogen) atoms. The Labute approximate surface area is 171 Å². The molecule has 6 nitrogen and oxygen atoms in total. The lowest BCUT2D eigenvalue weighted by Gasteiger charge is -2.35. The quantitative estimate of drug-likeness (QED) is 0.739. The van der Waals surface area contributed by atoms with Crippen LogP contribution in [0.4, 0.5) is 0 Å². The van der Waals surface area contributed by atoms with Gasteiger partial charge in [-0.3, -0.25) is 9.59 Å². The molecule has 0 aromatic heterocycles. The highest BCUT2D eigenvalue weighted by molar-refractivity contribution is 7.91. The highest BCUT2D eigenvalue weighted by atomic mass is 32.2. The van der Waals surface area contributed by atoms with Gasteiger partial charge in [-0.1, -0.05) is 48.5 Å². The molecule has 0 unspecified atom stereocenters. The Morgan fingerprint density at radius 1 is 0.897 bits per heavy atom. The van der Waals surface area contributed by atoms with Crippen LogP contribution in [0.2, 0.25) is 0 Å². The molecule has 4 rings (SSSR count). The maximum atomic E-state index is 13.2. The van der Waals surface area contributed by atoms with E-state index in [0.29, 0.717) is 36.2 Å². The monoisotopic (exact) mass is 413 g/mol. The Bertz CT molecular complexity index is 1010. The number of quaternary nitrogens is 1. The zero-order valence-electron chi connectivity index (χ0n) is 16.2. The Morgan fingerprint density at radius 2 is 1.52 bits per heavy atom. The van der Waals surface area contributed by atoms with Gasteiger partial charge in [0.15, 0.2) is 15.6 Å². The van der Waals surface area contributed by atoms with E-state index in [4.69, 9.17) is 0 Å². The number of ketones is 1. The van der Waals surface area contributed by atoms with E-state index in [-0.39, 0.29) is 29.2 Å². The van der Waals surface area contributed by atoms with E-state index in [1.807, 2.05) is 18.2 Å². The molecular formula is C22H25N2O4S+. The van der Waals surface area contributed by atoms with Crippen molar-refractivity contribution < 1.29 is 22.9 Å². The average Bonchev–Trinajstić information content (AvgIpc) is 3.13. The number of rotatable bonds is 4. The van der Waals surface area contributed by atoms with E-state index in [0.717, 1.165) is 13.1 Å². The number of benzene rings is 2. The van der Waals surface area contributed by atoms with Gasteiger partial charge >= 0.3 is 0 Å². The highest BCUT2D eigenvalue weighted by Gasteiger charge is 2.37. The Morgan fingerprint density at radius 3 is 2.14 bits per heavy atom. The molecule has 2 heterocycles. The number of carbonyl (C=O) groups excluding carboxylic acids is 2. The van der Waals surface area contributed by atoms with Crippen molar-refractivity contribution in [3.63, 3.8) is 0 Å². The number of sulfone groups is 1. The van der Waals surface area contributed by atoms with Crippen LogP contribution in [0.15, 0.2) is 54.6 Å². The van der Waals surface area contributed by atoms with E-state index in [1.54, 1.807) is 41.3 Å². The number of carbonyl (C=O) groups is 2. The molecule has 2 aliphatic rings. The second-order valence-electron chi connectivity index (χ2n) is 7.79. The summed E-state index contributed by atoms with van der Waals surface area (Å²) in [6, 6.07) is 16.1. The van der Waals surface area contributed by atoms with Gasteiger partial charge < -0.3 is 9.80 Å². The standard InChI is InChI=1S/C22H24N2O4S/c25-21(17-6-2-1-3-7-17)19-8-4-5-9-20(19)22(26)24-13-11-23(12-14-24)18-10-15-29(27,28)16-18/h1-9,18H,10-16H2/p+1/t18-/m0/s1. The summed E-state index contributed by atoms with van der Waals surface area (Å²) in [5.41, 5.74) is 1.40. The average molecular weight is 414 g/mol. The molecule has 0 bridgehead atoms. The van der Waals surface area contributed by atoms with Crippen molar-refractivity contribution in [3.05, 3.63) is 71.3 Å². The molecular weight excluding hydrogens is 388 g/mol. The van der Waals surface area contributed by atoms with Gasteiger partial charge in [-0.25, -0.2) is 8.42 Å². The third kappa shape index (κ3) is 4.26. The molecule has 0 aliphatic carbocycles. The van der Waals surface area contributed by atoms with Crippen molar-refractivity contribution in [2.24, 2.45) is 0 Å². The number of piperazine rings is 1. The van der Waals surface area contributed by atoms with Gasteiger partial charge in [0, 0.05) is 17.5 Å². The lowest BCUT2D eigenvalue weighted by Crippen LogP contribution is -3.18. The summed E-state index contributed by atoms with van der Waals surface area (Å²) in [6.07, 6.45) is 0.708. The van der Waals surface area contributed by atoms with Crippen LogP contribution in [-0.4, -0.2) is 68.7 Å². The molecule has 2 aromatic carbocycles. The zero-order chi connectivity index (χ0) is 20.4. The van der Waals surface area contributed by atoms with Gasteiger partial charge in [0.2, 0.25) is 0 Å². The molecule has 0 saturated carbocycles. The van der Waals surface area contributed by atoms with Gasteiger partial charge in [-0.2, -0.15) is 0 Å². The topological polar surface area (TPSA) is 76.0 Å². The Balaban J connectivity index is 1.47. The van der Waals surface area contributed by atoms with Crippen molar-refractivity contribution in [2.45, 2.75) is 12.5 Å². The first-order valence-corrected chi connectivity index (χ1v) is 11.8. The predicted molar refractivity (Wildman–Crippen MR) is 110 cm³/mol. The van der Waals surface area contributed by atoms with Gasteiger partial charge in [0.1, 0.15) is 11.8 Å². The number of hydrogen-bond donors (Lipinski definition) is 1. The maximum absolute atomic E-state index is 13.2. The molecule has 0 spiro atoms. The molecule has 152 valence electrons. The third-order valence-corrected chi connectivity index (χ3v) is 7.71. The fourth-order valence-electron chi connectivity index (χ4n) is 4.31. The van der Waals surface area contributed by atoms with Crippen molar-refractivity contribution in [1.29, 1.82) is 0 Å². The summed E-state index contributed by atoms with van der Waals surface area (Å²) in [6.45, 7) is 2.61. The van der Waals surface area contributed by atoms with Gasteiger partial charge in [0.05, 0.1) is 37.5 Å². The number of nitrogens with one attached hydrogen (secondary N) is 1. The number of hydrogen-bond acceptors (Lipinski definition) is 4. The summed E-state index contributed by atoms with van der Waals surface area (Å²) >= 11 is 0. The molecule has 2 aromatic rings. The highest BCUT2D eigenvalue weighted by Crippen LogP contribution is 2.17. The van der Waals surface area contributed by atoms with Crippen LogP contribution in [0, 0.1) is 0 Å². The van der Waals surface area contributed by atoms with E-state index < -0.39 is 9.84 Å². The summed E-state index contributed by atoms with van der Waals surface area (Å²) in [7, 11) is -2.90. The minimum absolute atomic E-state index is 0.136. The van der Waals surface area contributed by atoms with Crippen LogP contribution >= 0.6 is 0 Å². The fourth-order valence-corrected chi connectivity index (χ4v) is 6.13. The first-order chi connectivity index (χ1) is 13.9. The van der Waals surface area contributed by atoms with Crippen molar-refractivity contribution in [3.8, 4) is 0 Å². The van der Waals surface area contributed by atoms with Crippen LogP contribution in [0.3, 0.4) is 0 Å². The van der Waals surface area contributed by atoms with Gasteiger partial charge in [0.25, 0.3) is 5.91 Å². The second kappa shape index (κ2) is 8.08. The van der Waals surface area contributed by atoms with Gasteiger partial charge in [-0.05, 0) is 6.07 Å². The minimum atomic E-state index is -2.90. The number of amides is 1. The van der Waals surface area contributed by atoms with Crippen LogP contribution in [0.1, 0.15) is 32.7 Å². The SMILES string of the molecule is O=C(c1ccccc1)c1ccccc1C(=O)N1CC[NH+]([C@H]2CCS(=O)(=O)C2)CC1. The molecule has 7 heteroatoms. The van der Waals surface area contributed by atoms with Crippen molar-refractivity contribution >= 4 is 21.5 Å². The first kappa shape index (κ1) is 19.8. The second-order valence-corrected chi connectivity index (χ2v) is 10.0. The van der Waals surface area contributed by atoms with Crippen molar-refractivity contribution in [1.82, 2.24) is 4.90 Å². The normalized spacial score (nSPS) is 21.8. The van der Waals surface area contributed by atoms with Crippen LogP contribution < -0.4 is 4.90 Å². The lowest BCUT2D eigenvalue weighted by molar-refractivity contribution is -0.925. The van der Waals surface area contributed by atoms with E-state index >= 15 is 0 Å². The predicted octanol–water partition coefficient (Wildman–Crippen LogP) is 0.445. The Kier molecular flexibility index (Phi) is 5.52. The first-order valence-electron chi connectivity index (χ1n) is 9.98. The summed E-state index contributed by atoms with van der Waals surface area (Å²) in [5, 5.41) is 0. The van der Waals surface area contributed by atoms with Gasteiger partial charge in [-0.15, -0.1) is 0 Å². The maximum Gasteiger partial charge on any atom is 0.255 e. The van der Waals surface area contributed by atoms with Crippen LogP contribution in [0.25, 0.3) is 0 Å². The van der Waals surface area contributed by atoms with E-state index in [9.17, 15) is 18.0 Å². The summed E-state index contributed by atoms with van der Waals surface area (Å²) in [4.78, 5) is 29.1. The Hall–Kier alpha value is -2.51. The van der Waals surface area contributed by atoms with Crippen molar-refractivity contribution in [2.75, 3.05) is 37.7 Å². The largest absolute Gasteiger partial charge is 0.329 e.